The number of nitrogens with two attached hydrogens (primary N) is 1. The Kier molecular flexibility index (Phi) is 3.68. The van der Waals surface area contributed by atoms with E-state index in [9.17, 15) is 4.57 Å². The molecule has 0 fully saturated rings. The first kappa shape index (κ1) is 11.6. The van der Waals surface area contributed by atoms with Gasteiger partial charge in [-0.15, -0.1) is 0 Å². The molecule has 0 radical (unpaired) electrons. The van der Waals surface area contributed by atoms with Crippen LogP contribution in [0.4, 0.5) is 5.69 Å². The minimum atomic E-state index is -2.60. The highest BCUT2D eigenvalue weighted by atomic mass is 31.1. The molecule has 1 unspecified atom stereocenters. The van der Waals surface area contributed by atoms with Crippen LogP contribution in [0.15, 0.2) is 54.6 Å². The highest BCUT2D eigenvalue weighted by molar-refractivity contribution is 7.34. The number of rotatable bonds is 4. The zero-order chi connectivity index (χ0) is 12.1. The van der Waals surface area contributed by atoms with E-state index in [2.05, 4.69) is 0 Å². The summed E-state index contributed by atoms with van der Waals surface area (Å²) < 4.78 is 21.9. The maximum Gasteiger partial charge on any atom is 0.418 e. The molecule has 4 nitrogen and oxygen atoms in total. The lowest BCUT2D eigenvalue weighted by molar-refractivity contribution is 0.415. The van der Waals surface area contributed by atoms with Gasteiger partial charge < -0.3 is 14.8 Å². The third-order valence-corrected chi connectivity index (χ3v) is 2.83. The molecular weight excluding hydrogens is 237 g/mol. The number of hydrogen-bond acceptors (Lipinski definition) is 4. The molecule has 2 aromatic carbocycles. The van der Waals surface area contributed by atoms with E-state index in [-0.39, 0.29) is 0 Å². The van der Waals surface area contributed by atoms with Gasteiger partial charge in [0.2, 0.25) is 0 Å². The Morgan fingerprint density at radius 3 is 1.94 bits per heavy atom. The van der Waals surface area contributed by atoms with E-state index in [0.29, 0.717) is 17.2 Å². The van der Waals surface area contributed by atoms with Gasteiger partial charge in [-0.2, -0.15) is 0 Å². The van der Waals surface area contributed by atoms with Crippen LogP contribution >= 0.6 is 8.25 Å². The largest absolute Gasteiger partial charge is 0.418 e. The van der Waals surface area contributed by atoms with E-state index in [1.165, 1.54) is 0 Å². The molecule has 0 aliphatic heterocycles. The second-order valence-corrected chi connectivity index (χ2v) is 4.24. The SMILES string of the molecule is Nc1ccc(O[PH](=O)Oc2ccccc2)cc1. The van der Waals surface area contributed by atoms with E-state index >= 15 is 0 Å². The van der Waals surface area contributed by atoms with Crippen LogP contribution in [0.5, 0.6) is 11.5 Å². The third kappa shape index (κ3) is 3.54. The van der Waals surface area contributed by atoms with Gasteiger partial charge in [0.05, 0.1) is 0 Å². The van der Waals surface area contributed by atoms with Crippen molar-refractivity contribution >= 4 is 13.9 Å². The van der Waals surface area contributed by atoms with Crippen LogP contribution in [0.1, 0.15) is 0 Å². The Morgan fingerprint density at radius 1 is 0.824 bits per heavy atom. The number of benzene rings is 2. The molecule has 17 heavy (non-hydrogen) atoms. The van der Waals surface area contributed by atoms with Gasteiger partial charge in [0.25, 0.3) is 0 Å². The second kappa shape index (κ2) is 5.41. The summed E-state index contributed by atoms with van der Waals surface area (Å²) in [6.07, 6.45) is 0. The van der Waals surface area contributed by atoms with Crippen molar-refractivity contribution in [1.29, 1.82) is 0 Å². The van der Waals surface area contributed by atoms with E-state index in [1.54, 1.807) is 48.5 Å². The first-order chi connectivity index (χ1) is 8.24. The Morgan fingerprint density at radius 2 is 1.35 bits per heavy atom. The molecule has 0 aromatic heterocycles. The fraction of sp³-hybridized carbons (Fsp3) is 0. The zero-order valence-corrected chi connectivity index (χ0v) is 10.00. The summed E-state index contributed by atoms with van der Waals surface area (Å²) in [5, 5.41) is 0. The minimum absolute atomic E-state index is 0.471. The lowest BCUT2D eigenvalue weighted by Gasteiger charge is -2.07. The molecule has 0 aliphatic rings. The second-order valence-electron chi connectivity index (χ2n) is 3.34. The Bertz CT molecular complexity index is 499. The van der Waals surface area contributed by atoms with Gasteiger partial charge in [0.15, 0.2) is 0 Å². The van der Waals surface area contributed by atoms with Crippen molar-refractivity contribution in [2.24, 2.45) is 0 Å². The highest BCUT2D eigenvalue weighted by Gasteiger charge is 2.03. The number of anilines is 1. The monoisotopic (exact) mass is 249 g/mol. The van der Waals surface area contributed by atoms with Gasteiger partial charge in [-0.25, -0.2) is 4.57 Å². The molecule has 0 spiro atoms. The van der Waals surface area contributed by atoms with E-state index in [0.717, 1.165) is 0 Å². The average molecular weight is 249 g/mol. The molecule has 2 rings (SSSR count). The van der Waals surface area contributed by atoms with E-state index < -0.39 is 8.25 Å². The van der Waals surface area contributed by atoms with Crippen LogP contribution in [0.3, 0.4) is 0 Å². The van der Waals surface area contributed by atoms with Gasteiger partial charge in [-0.05, 0) is 36.4 Å². The van der Waals surface area contributed by atoms with Gasteiger partial charge in [0.1, 0.15) is 11.5 Å². The fourth-order valence-electron chi connectivity index (χ4n) is 1.24. The quantitative estimate of drug-likeness (QED) is 0.668. The summed E-state index contributed by atoms with van der Waals surface area (Å²) in [4.78, 5) is 0. The summed E-state index contributed by atoms with van der Waals surface area (Å²) in [5.74, 6) is 0.992. The molecule has 88 valence electrons. The van der Waals surface area contributed by atoms with Gasteiger partial charge in [-0.1, -0.05) is 18.2 Å². The molecule has 1 atom stereocenters. The fourth-order valence-corrected chi connectivity index (χ4v) is 1.94. The maximum atomic E-state index is 11.6. The molecule has 0 saturated carbocycles. The van der Waals surface area contributed by atoms with Crippen molar-refractivity contribution in [3.63, 3.8) is 0 Å². The summed E-state index contributed by atoms with van der Waals surface area (Å²) in [5.41, 5.74) is 6.15. The molecule has 2 aromatic rings. The van der Waals surface area contributed by atoms with Crippen LogP contribution in [-0.4, -0.2) is 0 Å². The minimum Gasteiger partial charge on any atom is -0.418 e. The third-order valence-electron chi connectivity index (χ3n) is 2.03. The first-order valence-corrected chi connectivity index (χ1v) is 6.27. The van der Waals surface area contributed by atoms with Crippen molar-refractivity contribution in [1.82, 2.24) is 0 Å². The van der Waals surface area contributed by atoms with Crippen molar-refractivity contribution in [3.8, 4) is 11.5 Å². The van der Waals surface area contributed by atoms with Crippen molar-refractivity contribution in [2.75, 3.05) is 5.73 Å². The van der Waals surface area contributed by atoms with Crippen molar-refractivity contribution in [3.05, 3.63) is 54.6 Å². The summed E-state index contributed by atoms with van der Waals surface area (Å²) in [6.45, 7) is 0. The van der Waals surface area contributed by atoms with Crippen molar-refractivity contribution in [2.45, 2.75) is 0 Å². The average Bonchev–Trinajstić information content (AvgIpc) is 2.33. The predicted octanol–water partition coefficient (Wildman–Crippen LogP) is 3.12. The van der Waals surface area contributed by atoms with Gasteiger partial charge in [-0.3, -0.25) is 0 Å². The van der Waals surface area contributed by atoms with Crippen LogP contribution in [-0.2, 0) is 4.57 Å². The maximum absolute atomic E-state index is 11.6. The van der Waals surface area contributed by atoms with E-state index in [1.807, 2.05) is 6.07 Å². The molecule has 0 saturated heterocycles. The lowest BCUT2D eigenvalue weighted by atomic mass is 10.3. The lowest BCUT2D eigenvalue weighted by Crippen LogP contribution is -1.89. The molecule has 0 heterocycles. The van der Waals surface area contributed by atoms with E-state index in [4.69, 9.17) is 14.8 Å². The molecular formula is C12H12NO3P. The molecule has 0 amide bonds. The van der Waals surface area contributed by atoms with Crippen LogP contribution in [0.2, 0.25) is 0 Å². The zero-order valence-electron chi connectivity index (χ0n) is 9.00. The van der Waals surface area contributed by atoms with Crippen LogP contribution in [0, 0.1) is 0 Å². The molecule has 0 aliphatic carbocycles. The number of para-hydroxylation sites is 1. The number of hydrogen-bond donors (Lipinski definition) is 1. The van der Waals surface area contributed by atoms with Gasteiger partial charge >= 0.3 is 8.25 Å². The highest BCUT2D eigenvalue weighted by Crippen LogP contribution is 2.30. The van der Waals surface area contributed by atoms with Crippen LogP contribution in [0.25, 0.3) is 0 Å². The molecule has 0 bridgehead atoms. The topological polar surface area (TPSA) is 61.5 Å². The summed E-state index contributed by atoms with van der Waals surface area (Å²) in [7, 11) is -2.60. The smallest absolute Gasteiger partial charge is 0.418 e. The summed E-state index contributed by atoms with van der Waals surface area (Å²) in [6, 6.07) is 15.5. The number of nitrogen functional groups attached to an aromatic ring is 1. The standard InChI is InChI=1S/C12H12NO3P/c13-10-6-8-12(9-7-10)16-17(14)15-11-4-2-1-3-5-11/h1-9,17H,13H2. The summed E-state index contributed by atoms with van der Waals surface area (Å²) >= 11 is 0. The molecule has 5 heteroatoms. The first-order valence-electron chi connectivity index (χ1n) is 5.04. The van der Waals surface area contributed by atoms with Gasteiger partial charge in [0, 0.05) is 5.69 Å². The van der Waals surface area contributed by atoms with Crippen LogP contribution < -0.4 is 14.8 Å². The Hall–Kier alpha value is -1.93. The van der Waals surface area contributed by atoms with Crippen molar-refractivity contribution < 1.29 is 13.6 Å². The Balaban J connectivity index is 1.96. The predicted molar refractivity (Wildman–Crippen MR) is 67.6 cm³/mol. The molecule has 2 N–H and O–H groups in total. The normalized spacial score (nSPS) is 11.8. The Labute approximate surface area is 99.9 Å².